The highest BCUT2D eigenvalue weighted by Gasteiger charge is 2.35. The molecule has 1 saturated carbocycles. The summed E-state index contributed by atoms with van der Waals surface area (Å²) in [6, 6.07) is -0.0296. The van der Waals surface area contributed by atoms with Crippen molar-refractivity contribution in [3.05, 3.63) is 0 Å². The van der Waals surface area contributed by atoms with Crippen LogP contribution in [-0.4, -0.2) is 64.8 Å². The van der Waals surface area contributed by atoms with Crippen LogP contribution in [0.3, 0.4) is 0 Å². The van der Waals surface area contributed by atoms with Gasteiger partial charge < -0.3 is 20.0 Å². The summed E-state index contributed by atoms with van der Waals surface area (Å²) in [4.78, 5) is 25.8. The van der Waals surface area contributed by atoms with E-state index < -0.39 is 5.97 Å². The Morgan fingerprint density at radius 2 is 1.89 bits per heavy atom. The van der Waals surface area contributed by atoms with E-state index in [1.165, 1.54) is 0 Å². The standard InChI is InChI=1S/C12H20N2O4/c1-13(5-8-2-10(15)3-8)12(18)14-6-9(7-14)4-11(16)17/h8-10,15H,2-7H2,1H3,(H,16,17). The number of hydrogen-bond acceptors (Lipinski definition) is 3. The van der Waals surface area contributed by atoms with E-state index in [4.69, 9.17) is 5.11 Å². The number of carbonyl (C=O) groups is 2. The van der Waals surface area contributed by atoms with Crippen molar-refractivity contribution in [2.24, 2.45) is 11.8 Å². The van der Waals surface area contributed by atoms with Crippen molar-refractivity contribution in [2.45, 2.75) is 25.4 Å². The maximum Gasteiger partial charge on any atom is 0.319 e. The fourth-order valence-corrected chi connectivity index (χ4v) is 2.66. The first-order chi connectivity index (χ1) is 8.45. The van der Waals surface area contributed by atoms with Crippen molar-refractivity contribution in [3.63, 3.8) is 0 Å². The molecule has 0 spiro atoms. The number of carbonyl (C=O) groups excluding carboxylic acids is 1. The molecule has 2 amide bonds. The lowest BCUT2D eigenvalue weighted by Gasteiger charge is -2.42. The molecule has 1 aliphatic carbocycles. The Hall–Kier alpha value is -1.30. The minimum atomic E-state index is -0.802. The molecule has 102 valence electrons. The lowest BCUT2D eigenvalue weighted by atomic mass is 9.82. The van der Waals surface area contributed by atoms with Gasteiger partial charge in [-0.3, -0.25) is 4.79 Å². The van der Waals surface area contributed by atoms with Gasteiger partial charge in [0.25, 0.3) is 0 Å². The zero-order chi connectivity index (χ0) is 13.3. The van der Waals surface area contributed by atoms with Crippen LogP contribution in [0.2, 0.25) is 0 Å². The van der Waals surface area contributed by atoms with Crippen LogP contribution < -0.4 is 0 Å². The van der Waals surface area contributed by atoms with Gasteiger partial charge in [0.2, 0.25) is 0 Å². The first-order valence-electron chi connectivity index (χ1n) is 6.35. The lowest BCUT2D eigenvalue weighted by Crippen LogP contribution is -2.55. The van der Waals surface area contributed by atoms with Gasteiger partial charge in [-0.15, -0.1) is 0 Å². The van der Waals surface area contributed by atoms with Crippen LogP contribution in [0.1, 0.15) is 19.3 Å². The Morgan fingerprint density at radius 1 is 1.28 bits per heavy atom. The number of aliphatic hydroxyl groups is 1. The summed E-state index contributed by atoms with van der Waals surface area (Å²) in [6.45, 7) is 1.77. The van der Waals surface area contributed by atoms with E-state index in [0.717, 1.165) is 12.8 Å². The number of nitrogens with zero attached hydrogens (tertiary/aromatic N) is 2. The fourth-order valence-electron chi connectivity index (χ4n) is 2.66. The van der Waals surface area contributed by atoms with E-state index in [-0.39, 0.29) is 24.5 Å². The predicted octanol–water partition coefficient (Wildman–Crippen LogP) is 0.216. The maximum absolute atomic E-state index is 12.0. The van der Waals surface area contributed by atoms with Crippen LogP contribution in [0, 0.1) is 11.8 Å². The van der Waals surface area contributed by atoms with E-state index in [0.29, 0.717) is 25.6 Å². The number of aliphatic hydroxyl groups excluding tert-OH is 1. The largest absolute Gasteiger partial charge is 0.481 e. The third-order valence-electron chi connectivity index (χ3n) is 3.76. The van der Waals surface area contributed by atoms with Crippen molar-refractivity contribution in [1.29, 1.82) is 0 Å². The van der Waals surface area contributed by atoms with Crippen LogP contribution >= 0.6 is 0 Å². The van der Waals surface area contributed by atoms with Crippen LogP contribution in [0.5, 0.6) is 0 Å². The van der Waals surface area contributed by atoms with Crippen molar-refractivity contribution in [2.75, 3.05) is 26.7 Å². The van der Waals surface area contributed by atoms with E-state index in [2.05, 4.69) is 0 Å². The topological polar surface area (TPSA) is 81.1 Å². The van der Waals surface area contributed by atoms with Crippen LogP contribution in [0.4, 0.5) is 4.79 Å². The summed E-state index contributed by atoms with van der Waals surface area (Å²) in [5.41, 5.74) is 0. The van der Waals surface area contributed by atoms with Crippen molar-refractivity contribution < 1.29 is 19.8 Å². The molecule has 2 N–H and O–H groups in total. The Balaban J connectivity index is 1.67. The number of urea groups is 1. The minimum absolute atomic E-state index is 0.0296. The van der Waals surface area contributed by atoms with Crippen molar-refractivity contribution >= 4 is 12.0 Å². The van der Waals surface area contributed by atoms with E-state index in [9.17, 15) is 14.7 Å². The van der Waals surface area contributed by atoms with Gasteiger partial charge in [0.15, 0.2) is 0 Å². The summed E-state index contributed by atoms with van der Waals surface area (Å²) >= 11 is 0. The molecule has 18 heavy (non-hydrogen) atoms. The lowest BCUT2D eigenvalue weighted by molar-refractivity contribution is -0.139. The number of likely N-dealkylation sites (tertiary alicyclic amines) is 1. The molecule has 0 aromatic carbocycles. The summed E-state index contributed by atoms with van der Waals surface area (Å²) in [5.74, 6) is -0.292. The number of amides is 2. The zero-order valence-corrected chi connectivity index (χ0v) is 10.6. The normalized spacial score (nSPS) is 27.3. The number of aliphatic carboxylic acids is 1. The highest BCUT2D eigenvalue weighted by molar-refractivity contribution is 5.75. The smallest absolute Gasteiger partial charge is 0.319 e. The van der Waals surface area contributed by atoms with Gasteiger partial charge in [-0.25, -0.2) is 4.79 Å². The molecule has 2 fully saturated rings. The molecular weight excluding hydrogens is 236 g/mol. The fraction of sp³-hybridized carbons (Fsp3) is 0.833. The number of carboxylic acid groups (broad SMARTS) is 1. The Kier molecular flexibility index (Phi) is 3.75. The minimum Gasteiger partial charge on any atom is -0.481 e. The van der Waals surface area contributed by atoms with Gasteiger partial charge >= 0.3 is 12.0 Å². The highest BCUT2D eigenvalue weighted by Crippen LogP contribution is 2.28. The molecule has 0 aromatic heterocycles. The molecule has 1 heterocycles. The van der Waals surface area contributed by atoms with Gasteiger partial charge in [-0.05, 0) is 18.8 Å². The first kappa shape index (κ1) is 13.1. The predicted molar refractivity (Wildman–Crippen MR) is 64.1 cm³/mol. The van der Waals surface area contributed by atoms with Crippen molar-refractivity contribution in [1.82, 2.24) is 9.80 Å². The average molecular weight is 256 g/mol. The Bertz CT molecular complexity index is 335. The number of carboxylic acids is 1. The Morgan fingerprint density at radius 3 is 2.39 bits per heavy atom. The SMILES string of the molecule is CN(CC1CC(O)C1)C(=O)N1CC(CC(=O)O)C1. The number of rotatable bonds is 4. The van der Waals surface area contributed by atoms with Gasteiger partial charge in [0.05, 0.1) is 12.5 Å². The summed E-state index contributed by atoms with van der Waals surface area (Å²) in [5, 5.41) is 17.8. The molecule has 6 nitrogen and oxygen atoms in total. The molecule has 6 heteroatoms. The third-order valence-corrected chi connectivity index (χ3v) is 3.76. The number of hydrogen-bond donors (Lipinski definition) is 2. The summed E-state index contributed by atoms with van der Waals surface area (Å²) < 4.78 is 0. The quantitative estimate of drug-likeness (QED) is 0.753. The second-order valence-electron chi connectivity index (χ2n) is 5.52. The third kappa shape index (κ3) is 2.93. The maximum atomic E-state index is 12.0. The van der Waals surface area contributed by atoms with Gasteiger partial charge in [-0.1, -0.05) is 0 Å². The first-order valence-corrected chi connectivity index (χ1v) is 6.35. The summed E-state index contributed by atoms with van der Waals surface area (Å²) in [7, 11) is 1.76. The van der Waals surface area contributed by atoms with Crippen LogP contribution in [0.15, 0.2) is 0 Å². The van der Waals surface area contributed by atoms with Crippen molar-refractivity contribution in [3.8, 4) is 0 Å². The monoisotopic (exact) mass is 256 g/mol. The summed E-state index contributed by atoms with van der Waals surface area (Å²) in [6.07, 6.45) is 1.50. The molecule has 0 bridgehead atoms. The van der Waals surface area contributed by atoms with E-state index in [1.807, 2.05) is 0 Å². The van der Waals surface area contributed by atoms with E-state index in [1.54, 1.807) is 16.8 Å². The molecule has 1 saturated heterocycles. The van der Waals surface area contributed by atoms with Gasteiger partial charge in [-0.2, -0.15) is 0 Å². The zero-order valence-electron chi connectivity index (χ0n) is 10.6. The average Bonchev–Trinajstić information content (AvgIpc) is 2.19. The molecule has 0 atom stereocenters. The molecule has 2 rings (SSSR count). The Labute approximate surface area is 106 Å². The second-order valence-corrected chi connectivity index (χ2v) is 5.52. The van der Waals surface area contributed by atoms with Crippen LogP contribution in [-0.2, 0) is 4.79 Å². The molecule has 0 aromatic rings. The molecular formula is C12H20N2O4. The second kappa shape index (κ2) is 5.14. The molecule has 2 aliphatic rings. The highest BCUT2D eigenvalue weighted by atomic mass is 16.4. The van der Waals surface area contributed by atoms with Gasteiger partial charge in [0.1, 0.15) is 0 Å². The molecule has 1 aliphatic heterocycles. The molecule has 0 unspecified atom stereocenters. The van der Waals surface area contributed by atoms with Gasteiger partial charge in [0, 0.05) is 32.6 Å². The molecule has 0 radical (unpaired) electrons. The van der Waals surface area contributed by atoms with Crippen LogP contribution in [0.25, 0.3) is 0 Å². The van der Waals surface area contributed by atoms with E-state index >= 15 is 0 Å².